The molecule has 7 heteroatoms. The number of aryl methyl sites for hydroxylation is 1. The van der Waals surface area contributed by atoms with E-state index in [-0.39, 0.29) is 23.8 Å². The summed E-state index contributed by atoms with van der Waals surface area (Å²) in [6.07, 6.45) is 1.93. The van der Waals surface area contributed by atoms with Crippen molar-refractivity contribution in [2.75, 3.05) is 11.1 Å². The number of aromatic amines is 1. The highest BCUT2D eigenvalue weighted by Crippen LogP contribution is 2.35. The van der Waals surface area contributed by atoms with Gasteiger partial charge in [0, 0.05) is 18.1 Å². The molecule has 0 fully saturated rings. The minimum absolute atomic E-state index is 0.157. The van der Waals surface area contributed by atoms with Crippen molar-refractivity contribution in [1.29, 1.82) is 0 Å². The number of nitrogens with one attached hydrogen (secondary N) is 2. The summed E-state index contributed by atoms with van der Waals surface area (Å²) in [4.78, 5) is 32.3. The van der Waals surface area contributed by atoms with Gasteiger partial charge in [-0.3, -0.25) is 9.59 Å². The molecule has 1 aliphatic rings. The van der Waals surface area contributed by atoms with Gasteiger partial charge in [0.05, 0.1) is 5.56 Å². The zero-order valence-electron chi connectivity index (χ0n) is 17.2. The molecule has 2 N–H and O–H groups in total. The summed E-state index contributed by atoms with van der Waals surface area (Å²) >= 11 is 1.36. The van der Waals surface area contributed by atoms with Crippen LogP contribution < -0.4 is 15.6 Å². The molecule has 0 saturated carbocycles. The van der Waals surface area contributed by atoms with Crippen LogP contribution in [0, 0.1) is 6.92 Å². The van der Waals surface area contributed by atoms with Crippen molar-refractivity contribution in [2.24, 2.45) is 0 Å². The molecule has 6 nitrogen and oxygen atoms in total. The second-order valence-corrected chi connectivity index (χ2v) is 8.39. The second kappa shape index (κ2) is 9.22. The zero-order valence-corrected chi connectivity index (χ0v) is 18.0. The van der Waals surface area contributed by atoms with Gasteiger partial charge in [-0.15, -0.1) is 6.58 Å². The van der Waals surface area contributed by atoms with Gasteiger partial charge in [0.2, 0.25) is 5.91 Å². The number of amides is 1. The lowest BCUT2D eigenvalue weighted by Gasteiger charge is -2.24. The lowest BCUT2D eigenvalue weighted by molar-refractivity contribution is -0.116. The van der Waals surface area contributed by atoms with E-state index in [0.717, 1.165) is 16.9 Å². The zero-order chi connectivity index (χ0) is 21.8. The molecular formula is C24H23N3O3S. The molecule has 158 valence electrons. The molecule has 0 aliphatic carbocycles. The second-order valence-electron chi connectivity index (χ2n) is 7.38. The molecule has 1 aromatic heterocycles. The predicted molar refractivity (Wildman–Crippen MR) is 123 cm³/mol. The minimum Gasteiger partial charge on any atom is -0.489 e. The number of hydrogen-bond donors (Lipinski definition) is 2. The van der Waals surface area contributed by atoms with Crippen LogP contribution in [-0.2, 0) is 11.4 Å². The Bertz CT molecular complexity index is 1150. The van der Waals surface area contributed by atoms with E-state index in [9.17, 15) is 9.59 Å². The van der Waals surface area contributed by atoms with Gasteiger partial charge < -0.3 is 15.0 Å². The molecule has 3 aromatic rings. The first-order chi connectivity index (χ1) is 15.0. The first-order valence-corrected chi connectivity index (χ1v) is 11.0. The van der Waals surface area contributed by atoms with Crippen LogP contribution in [0.15, 0.2) is 71.1 Å². The van der Waals surface area contributed by atoms with E-state index < -0.39 is 0 Å². The van der Waals surface area contributed by atoms with Crippen LogP contribution in [0.5, 0.6) is 5.75 Å². The maximum absolute atomic E-state index is 12.8. The first kappa shape index (κ1) is 20.9. The number of hydrogen-bond acceptors (Lipinski definition) is 5. The third kappa shape index (κ3) is 4.88. The maximum Gasteiger partial charge on any atom is 0.257 e. The molecule has 2 aromatic carbocycles. The number of nitrogens with zero attached hydrogens (tertiary/aromatic N) is 1. The SMILES string of the molecule is C=CCSc1nc2c(c(=O)[nH]1)C(c1ccc(OCc3ccc(C)cc3)cc1)CC(=O)N2. The summed E-state index contributed by atoms with van der Waals surface area (Å²) in [6.45, 7) is 6.20. The number of ether oxygens (including phenoxy) is 1. The van der Waals surface area contributed by atoms with Gasteiger partial charge in [0.15, 0.2) is 5.16 Å². The Kier molecular flexibility index (Phi) is 6.23. The normalized spacial score (nSPS) is 15.1. The van der Waals surface area contributed by atoms with Crippen LogP contribution in [0.25, 0.3) is 0 Å². The number of rotatable bonds is 7. The Morgan fingerprint density at radius 3 is 2.61 bits per heavy atom. The van der Waals surface area contributed by atoms with Crippen LogP contribution in [0.2, 0.25) is 0 Å². The summed E-state index contributed by atoms with van der Waals surface area (Å²) in [6, 6.07) is 15.7. The van der Waals surface area contributed by atoms with E-state index in [1.54, 1.807) is 6.08 Å². The Morgan fingerprint density at radius 1 is 1.16 bits per heavy atom. The van der Waals surface area contributed by atoms with Crippen molar-refractivity contribution in [3.05, 3.63) is 93.8 Å². The van der Waals surface area contributed by atoms with E-state index in [1.165, 1.54) is 17.3 Å². The number of fused-ring (bicyclic) bond motifs is 1. The van der Waals surface area contributed by atoms with E-state index in [1.807, 2.05) is 36.4 Å². The van der Waals surface area contributed by atoms with Crippen molar-refractivity contribution in [3.63, 3.8) is 0 Å². The third-order valence-corrected chi connectivity index (χ3v) is 5.94. The molecule has 0 bridgehead atoms. The summed E-state index contributed by atoms with van der Waals surface area (Å²) in [7, 11) is 0. The maximum atomic E-state index is 12.8. The van der Waals surface area contributed by atoms with E-state index in [0.29, 0.717) is 28.9 Å². The van der Waals surface area contributed by atoms with Gasteiger partial charge in [-0.25, -0.2) is 4.98 Å². The van der Waals surface area contributed by atoms with Crippen LogP contribution in [0.3, 0.4) is 0 Å². The molecule has 2 heterocycles. The Balaban J connectivity index is 1.54. The number of benzene rings is 2. The molecule has 1 aliphatic heterocycles. The predicted octanol–water partition coefficient (Wildman–Crippen LogP) is 4.41. The molecule has 0 spiro atoms. The minimum atomic E-state index is -0.357. The number of thioether (sulfide) groups is 1. The van der Waals surface area contributed by atoms with Crippen molar-refractivity contribution in [3.8, 4) is 5.75 Å². The van der Waals surface area contributed by atoms with Crippen molar-refractivity contribution in [2.45, 2.75) is 31.0 Å². The lowest BCUT2D eigenvalue weighted by atomic mass is 9.87. The van der Waals surface area contributed by atoms with Gasteiger partial charge in [-0.05, 0) is 30.2 Å². The van der Waals surface area contributed by atoms with Gasteiger partial charge in [0.1, 0.15) is 18.2 Å². The average molecular weight is 434 g/mol. The smallest absolute Gasteiger partial charge is 0.257 e. The molecule has 0 saturated heterocycles. The van der Waals surface area contributed by atoms with Crippen LogP contribution >= 0.6 is 11.8 Å². The summed E-state index contributed by atoms with van der Waals surface area (Å²) in [5, 5.41) is 3.20. The lowest BCUT2D eigenvalue weighted by Crippen LogP contribution is -2.31. The summed E-state index contributed by atoms with van der Waals surface area (Å²) < 4.78 is 5.87. The number of H-pyrrole nitrogens is 1. The van der Waals surface area contributed by atoms with Gasteiger partial charge in [-0.2, -0.15) is 0 Å². The number of carbonyl (C=O) groups is 1. The monoisotopic (exact) mass is 433 g/mol. The molecule has 31 heavy (non-hydrogen) atoms. The fourth-order valence-electron chi connectivity index (χ4n) is 3.49. The molecular weight excluding hydrogens is 410 g/mol. The Morgan fingerprint density at radius 2 is 1.90 bits per heavy atom. The number of aromatic nitrogens is 2. The van der Waals surface area contributed by atoms with E-state index >= 15 is 0 Å². The largest absolute Gasteiger partial charge is 0.489 e. The topological polar surface area (TPSA) is 84.1 Å². The highest BCUT2D eigenvalue weighted by atomic mass is 32.2. The van der Waals surface area contributed by atoms with Crippen LogP contribution in [0.1, 0.15) is 34.6 Å². The molecule has 1 amide bonds. The standard InChI is InChI=1S/C24H23N3O3S/c1-3-12-31-24-26-22-21(23(29)27-24)19(13-20(28)25-22)17-8-10-18(11-9-17)30-14-16-6-4-15(2)5-7-16/h3-11,19H,1,12-14H2,2H3,(H2,25,26,27,28,29). The first-order valence-electron chi connectivity index (χ1n) is 9.99. The molecule has 0 radical (unpaired) electrons. The fraction of sp³-hybridized carbons (Fsp3) is 0.208. The van der Waals surface area contributed by atoms with Crippen molar-refractivity contribution < 1.29 is 9.53 Å². The van der Waals surface area contributed by atoms with Crippen molar-refractivity contribution in [1.82, 2.24) is 9.97 Å². The fourth-order valence-corrected chi connectivity index (χ4v) is 4.09. The Labute approximate surface area is 184 Å². The molecule has 1 atom stereocenters. The highest BCUT2D eigenvalue weighted by molar-refractivity contribution is 7.99. The molecule has 4 rings (SSSR count). The Hall–Kier alpha value is -3.32. The van der Waals surface area contributed by atoms with Crippen LogP contribution in [-0.4, -0.2) is 21.6 Å². The van der Waals surface area contributed by atoms with Gasteiger partial charge in [0.25, 0.3) is 5.56 Å². The third-order valence-electron chi connectivity index (χ3n) is 5.08. The van der Waals surface area contributed by atoms with E-state index in [4.69, 9.17) is 4.74 Å². The quantitative estimate of drug-likeness (QED) is 0.328. The van der Waals surface area contributed by atoms with Gasteiger partial charge >= 0.3 is 0 Å². The average Bonchev–Trinajstić information content (AvgIpc) is 2.77. The number of carbonyl (C=O) groups excluding carboxylic acids is 1. The number of anilines is 1. The van der Waals surface area contributed by atoms with Crippen molar-refractivity contribution >= 4 is 23.5 Å². The summed E-state index contributed by atoms with van der Waals surface area (Å²) in [5.41, 5.74) is 3.42. The van der Waals surface area contributed by atoms with Gasteiger partial charge in [-0.1, -0.05) is 59.8 Å². The molecule has 1 unspecified atom stereocenters. The van der Waals surface area contributed by atoms with Crippen LogP contribution in [0.4, 0.5) is 5.82 Å². The van der Waals surface area contributed by atoms with E-state index in [2.05, 4.69) is 40.9 Å². The highest BCUT2D eigenvalue weighted by Gasteiger charge is 2.30. The summed E-state index contributed by atoms with van der Waals surface area (Å²) in [5.74, 6) is 1.16.